The maximum absolute atomic E-state index is 4.68. The first-order chi connectivity index (χ1) is 10.8. The largest absolute Gasteiger partial charge is 0.246 e. The van der Waals surface area contributed by atoms with Crippen molar-refractivity contribution in [3.8, 4) is 11.1 Å². The lowest BCUT2D eigenvalue weighted by molar-refractivity contribution is 0.874. The van der Waals surface area contributed by atoms with Crippen LogP contribution in [0.25, 0.3) is 11.1 Å². The summed E-state index contributed by atoms with van der Waals surface area (Å²) in [6.07, 6.45) is 3.22. The fourth-order valence-electron chi connectivity index (χ4n) is 2.64. The van der Waals surface area contributed by atoms with Gasteiger partial charge < -0.3 is 0 Å². The van der Waals surface area contributed by atoms with Gasteiger partial charge in [0, 0.05) is 11.3 Å². The van der Waals surface area contributed by atoms with Gasteiger partial charge in [-0.3, -0.25) is 0 Å². The van der Waals surface area contributed by atoms with Crippen molar-refractivity contribution in [1.82, 2.24) is 4.98 Å². The summed E-state index contributed by atoms with van der Waals surface area (Å²) in [6, 6.07) is 20.2. The molecule has 0 saturated heterocycles. The third-order valence-electron chi connectivity index (χ3n) is 3.71. The second kappa shape index (κ2) is 6.89. The third kappa shape index (κ3) is 3.45. The Morgan fingerprint density at radius 1 is 1.09 bits per heavy atom. The van der Waals surface area contributed by atoms with E-state index in [-0.39, 0.29) is 0 Å². The Labute approximate surface area is 136 Å². The smallest absolute Gasteiger partial charge is 0.0900 e. The first kappa shape index (κ1) is 15.0. The summed E-state index contributed by atoms with van der Waals surface area (Å²) in [6.45, 7) is 4.31. The predicted octanol–water partition coefficient (Wildman–Crippen LogP) is 5.46. The van der Waals surface area contributed by atoms with Crippen molar-refractivity contribution in [1.29, 1.82) is 0 Å². The molecule has 0 amide bonds. The normalized spacial score (nSPS) is 10.8. The van der Waals surface area contributed by atoms with Crippen LogP contribution in [-0.4, -0.2) is 4.98 Å². The van der Waals surface area contributed by atoms with E-state index in [4.69, 9.17) is 0 Å². The molecule has 0 unspecified atom stereocenters. The van der Waals surface area contributed by atoms with Crippen molar-refractivity contribution in [3.05, 3.63) is 75.7 Å². The van der Waals surface area contributed by atoms with Gasteiger partial charge in [0.05, 0.1) is 10.7 Å². The molecule has 2 heteroatoms. The van der Waals surface area contributed by atoms with E-state index in [2.05, 4.69) is 61.3 Å². The van der Waals surface area contributed by atoms with Crippen LogP contribution in [0.4, 0.5) is 0 Å². The van der Waals surface area contributed by atoms with E-state index in [9.17, 15) is 0 Å². The first-order valence-electron chi connectivity index (χ1n) is 7.77. The summed E-state index contributed by atoms with van der Waals surface area (Å²) in [4.78, 5) is 6.09. The molecule has 0 aliphatic heterocycles. The van der Waals surface area contributed by atoms with Crippen LogP contribution in [-0.2, 0) is 12.8 Å². The Bertz CT molecular complexity index is 726. The molecule has 1 aromatic heterocycles. The second-order valence-corrected chi connectivity index (χ2v) is 6.79. The molecule has 1 radical (unpaired) electrons. The highest BCUT2D eigenvalue weighted by atomic mass is 32.1. The quantitative estimate of drug-likeness (QED) is 0.610. The summed E-state index contributed by atoms with van der Waals surface area (Å²) >= 11 is 1.83. The molecule has 0 atom stereocenters. The lowest BCUT2D eigenvalue weighted by atomic mass is 10.0. The van der Waals surface area contributed by atoms with Gasteiger partial charge in [0.2, 0.25) is 0 Å². The molecular weight excluding hydrogens is 286 g/mol. The van der Waals surface area contributed by atoms with Gasteiger partial charge in [-0.15, -0.1) is 11.3 Å². The number of benzene rings is 2. The highest BCUT2D eigenvalue weighted by molar-refractivity contribution is 7.11. The van der Waals surface area contributed by atoms with Crippen molar-refractivity contribution in [2.75, 3.05) is 0 Å². The zero-order valence-corrected chi connectivity index (χ0v) is 13.9. The van der Waals surface area contributed by atoms with Crippen LogP contribution in [0.15, 0.2) is 48.5 Å². The fraction of sp³-hybridized carbons (Fsp3) is 0.250. The van der Waals surface area contributed by atoms with E-state index in [1.165, 1.54) is 26.7 Å². The molecule has 111 valence electrons. The summed E-state index contributed by atoms with van der Waals surface area (Å²) in [5.74, 6) is 0. The van der Waals surface area contributed by atoms with Gasteiger partial charge >= 0.3 is 0 Å². The van der Waals surface area contributed by atoms with Crippen LogP contribution >= 0.6 is 11.3 Å². The molecule has 1 heterocycles. The Kier molecular flexibility index (Phi) is 4.69. The van der Waals surface area contributed by atoms with Crippen LogP contribution in [0.2, 0.25) is 0 Å². The van der Waals surface area contributed by atoms with Crippen LogP contribution in [0.5, 0.6) is 0 Å². The minimum atomic E-state index is 0.986. The van der Waals surface area contributed by atoms with Gasteiger partial charge in [-0.2, -0.15) is 0 Å². The van der Waals surface area contributed by atoms with E-state index in [0.717, 1.165) is 24.8 Å². The van der Waals surface area contributed by atoms with Gasteiger partial charge in [0.15, 0.2) is 0 Å². The standard InChI is InChI=1S/C20H20NS/c1-3-7-19-20(22-15(2)21-19)14-16-10-12-18(13-11-16)17-8-5-4-6-9-17/h4-6,8,10-13H,3,7,14H2,1-2H3. The molecule has 0 spiro atoms. The van der Waals surface area contributed by atoms with Crippen LogP contribution < -0.4 is 0 Å². The topological polar surface area (TPSA) is 12.9 Å². The minimum Gasteiger partial charge on any atom is -0.246 e. The Morgan fingerprint density at radius 2 is 1.91 bits per heavy atom. The van der Waals surface area contributed by atoms with Crippen molar-refractivity contribution >= 4 is 11.3 Å². The highest BCUT2D eigenvalue weighted by Crippen LogP contribution is 2.24. The summed E-state index contributed by atoms with van der Waals surface area (Å²) < 4.78 is 0. The lowest BCUT2D eigenvalue weighted by Gasteiger charge is -2.05. The molecule has 3 aromatic rings. The molecular formula is C20H20NS. The van der Waals surface area contributed by atoms with E-state index >= 15 is 0 Å². The molecule has 0 fully saturated rings. The number of nitrogens with zero attached hydrogens (tertiary/aromatic N) is 1. The Balaban J connectivity index is 1.79. The monoisotopic (exact) mass is 306 g/mol. The van der Waals surface area contributed by atoms with Gasteiger partial charge in [0.1, 0.15) is 0 Å². The van der Waals surface area contributed by atoms with Crippen LogP contribution in [0.3, 0.4) is 0 Å². The van der Waals surface area contributed by atoms with Crippen molar-refractivity contribution < 1.29 is 0 Å². The average Bonchev–Trinajstić information content (AvgIpc) is 2.89. The Morgan fingerprint density at radius 3 is 2.59 bits per heavy atom. The Hall–Kier alpha value is -1.93. The van der Waals surface area contributed by atoms with E-state index in [1.807, 2.05) is 23.5 Å². The molecule has 1 nitrogen and oxygen atoms in total. The number of thiazole rings is 1. The summed E-state index contributed by atoms with van der Waals surface area (Å²) in [5.41, 5.74) is 5.00. The van der Waals surface area contributed by atoms with Gasteiger partial charge in [0.25, 0.3) is 0 Å². The van der Waals surface area contributed by atoms with E-state index in [1.54, 1.807) is 0 Å². The second-order valence-electron chi connectivity index (χ2n) is 5.50. The highest BCUT2D eigenvalue weighted by Gasteiger charge is 2.09. The molecule has 22 heavy (non-hydrogen) atoms. The molecule has 0 bridgehead atoms. The van der Waals surface area contributed by atoms with Gasteiger partial charge in [-0.1, -0.05) is 61.9 Å². The lowest BCUT2D eigenvalue weighted by Crippen LogP contribution is -1.92. The van der Waals surface area contributed by atoms with Crippen molar-refractivity contribution in [2.45, 2.75) is 33.1 Å². The van der Waals surface area contributed by atoms with Gasteiger partial charge in [-0.05, 0) is 36.1 Å². The van der Waals surface area contributed by atoms with E-state index in [0.29, 0.717) is 0 Å². The fourth-order valence-corrected chi connectivity index (χ4v) is 3.66. The number of aryl methyl sites for hydroxylation is 2. The molecule has 0 saturated carbocycles. The minimum absolute atomic E-state index is 0.986. The SMILES string of the molecule is CCCc1nc(C)sc1Cc1ccc(-c2[c]cccc2)cc1. The zero-order chi connectivity index (χ0) is 15.4. The summed E-state index contributed by atoms with van der Waals surface area (Å²) in [5, 5.41) is 1.17. The molecule has 0 N–H and O–H groups in total. The predicted molar refractivity (Wildman–Crippen MR) is 94.4 cm³/mol. The average molecular weight is 306 g/mol. The van der Waals surface area contributed by atoms with Crippen molar-refractivity contribution in [2.24, 2.45) is 0 Å². The molecule has 0 aliphatic rings. The molecule has 0 aliphatic carbocycles. The van der Waals surface area contributed by atoms with Crippen molar-refractivity contribution in [3.63, 3.8) is 0 Å². The molecule has 3 rings (SSSR count). The van der Waals surface area contributed by atoms with Gasteiger partial charge in [-0.25, -0.2) is 4.98 Å². The summed E-state index contributed by atoms with van der Waals surface area (Å²) in [7, 11) is 0. The van der Waals surface area contributed by atoms with Crippen LogP contribution in [0, 0.1) is 13.0 Å². The maximum Gasteiger partial charge on any atom is 0.0900 e. The maximum atomic E-state index is 4.68. The zero-order valence-electron chi connectivity index (χ0n) is 13.1. The number of aromatic nitrogens is 1. The number of hydrogen-bond acceptors (Lipinski definition) is 2. The van der Waals surface area contributed by atoms with E-state index < -0.39 is 0 Å². The number of hydrogen-bond donors (Lipinski definition) is 0. The molecule has 2 aromatic carbocycles. The number of rotatable bonds is 5. The first-order valence-corrected chi connectivity index (χ1v) is 8.59. The third-order valence-corrected chi connectivity index (χ3v) is 4.72. The van der Waals surface area contributed by atoms with Crippen LogP contribution in [0.1, 0.15) is 34.5 Å².